The van der Waals surface area contributed by atoms with Gasteiger partial charge in [0.05, 0.1) is 0 Å². The molecule has 1 amide bonds. The fourth-order valence-electron chi connectivity index (χ4n) is 2.30. The number of aromatic amines is 1. The van der Waals surface area contributed by atoms with Gasteiger partial charge in [0.2, 0.25) is 0 Å². The summed E-state index contributed by atoms with van der Waals surface area (Å²) >= 11 is 0. The number of aromatic nitrogens is 1. The summed E-state index contributed by atoms with van der Waals surface area (Å²) in [5.41, 5.74) is 7.47. The third kappa shape index (κ3) is 6.62. The average molecular weight is 379 g/mol. The molecule has 3 N–H and O–H groups in total. The maximum absolute atomic E-state index is 12.2. The fourth-order valence-corrected chi connectivity index (χ4v) is 2.30. The van der Waals surface area contributed by atoms with Gasteiger partial charge in [-0.15, -0.1) is 0 Å². The average Bonchev–Trinajstić information content (AvgIpc) is 3.15. The van der Waals surface area contributed by atoms with E-state index in [-0.39, 0.29) is 5.91 Å². The molecular formula is C21H25N5O2. The Morgan fingerprint density at radius 1 is 0.821 bits per heavy atom. The minimum Gasteiger partial charge on any atom is -0.326 e. The van der Waals surface area contributed by atoms with Gasteiger partial charge in [-0.05, 0) is 24.3 Å². The standard InChI is InChI=1S/C14H19N5O.C7H6O/c1-18(2)16-12-9-10-13(15-12)17-19(3)14(20)11-7-5-4-6-8-11;8-6-7-4-2-1-3-5-7/h4-10,15-17H,1-3H3;1-6H. The third-order valence-electron chi connectivity index (χ3n) is 3.58. The molecule has 0 atom stereocenters. The van der Waals surface area contributed by atoms with Crippen molar-refractivity contribution >= 4 is 23.8 Å². The lowest BCUT2D eigenvalue weighted by atomic mass is 10.2. The van der Waals surface area contributed by atoms with Crippen LogP contribution < -0.4 is 10.9 Å². The van der Waals surface area contributed by atoms with Crippen molar-refractivity contribution in [2.24, 2.45) is 0 Å². The van der Waals surface area contributed by atoms with Crippen LogP contribution in [0.1, 0.15) is 20.7 Å². The highest BCUT2D eigenvalue weighted by molar-refractivity contribution is 5.94. The number of amides is 1. The molecule has 0 fully saturated rings. The zero-order chi connectivity index (χ0) is 20.4. The number of carbonyl (C=O) groups excluding carboxylic acids is 2. The van der Waals surface area contributed by atoms with Crippen LogP contribution in [0.15, 0.2) is 72.8 Å². The summed E-state index contributed by atoms with van der Waals surface area (Å²) < 4.78 is 0. The van der Waals surface area contributed by atoms with Gasteiger partial charge in [0, 0.05) is 32.3 Å². The molecule has 0 aliphatic rings. The van der Waals surface area contributed by atoms with Crippen LogP contribution in [0.4, 0.5) is 11.6 Å². The second-order valence-electron chi connectivity index (χ2n) is 6.16. The predicted molar refractivity (Wildman–Crippen MR) is 112 cm³/mol. The van der Waals surface area contributed by atoms with E-state index in [0.717, 1.165) is 23.5 Å². The number of nitrogens with one attached hydrogen (secondary N) is 3. The smallest absolute Gasteiger partial charge is 0.271 e. The fraction of sp³-hybridized carbons (Fsp3) is 0.143. The van der Waals surface area contributed by atoms with Crippen molar-refractivity contribution in [2.75, 3.05) is 32.0 Å². The Morgan fingerprint density at radius 3 is 1.86 bits per heavy atom. The Morgan fingerprint density at radius 2 is 1.36 bits per heavy atom. The van der Waals surface area contributed by atoms with Crippen LogP contribution >= 0.6 is 0 Å². The van der Waals surface area contributed by atoms with Crippen LogP contribution in [0.3, 0.4) is 0 Å². The lowest BCUT2D eigenvalue weighted by Gasteiger charge is -2.18. The van der Waals surface area contributed by atoms with E-state index >= 15 is 0 Å². The van der Waals surface area contributed by atoms with Gasteiger partial charge in [-0.25, -0.2) is 5.01 Å². The number of anilines is 2. The summed E-state index contributed by atoms with van der Waals surface area (Å²) in [6, 6.07) is 22.0. The van der Waals surface area contributed by atoms with Crippen LogP contribution in [0.2, 0.25) is 0 Å². The summed E-state index contributed by atoms with van der Waals surface area (Å²) in [6.45, 7) is 0. The highest BCUT2D eigenvalue weighted by Gasteiger charge is 2.11. The van der Waals surface area contributed by atoms with Crippen molar-refractivity contribution < 1.29 is 9.59 Å². The van der Waals surface area contributed by atoms with Crippen molar-refractivity contribution in [3.63, 3.8) is 0 Å². The minimum atomic E-state index is -0.0951. The molecule has 146 valence electrons. The molecule has 0 saturated carbocycles. The molecule has 7 heteroatoms. The Kier molecular flexibility index (Phi) is 7.80. The second-order valence-corrected chi connectivity index (χ2v) is 6.16. The number of hydrazine groups is 2. The molecule has 0 bridgehead atoms. The van der Waals surface area contributed by atoms with E-state index < -0.39 is 0 Å². The Labute approximate surface area is 164 Å². The van der Waals surface area contributed by atoms with Crippen LogP contribution in [0, 0.1) is 0 Å². The molecule has 3 rings (SSSR count). The number of hydrogen-bond donors (Lipinski definition) is 3. The summed E-state index contributed by atoms with van der Waals surface area (Å²) in [5.74, 6) is 1.49. The van der Waals surface area contributed by atoms with E-state index in [1.807, 2.05) is 67.6 Å². The first kappa shape index (κ1) is 20.7. The van der Waals surface area contributed by atoms with Gasteiger partial charge >= 0.3 is 0 Å². The molecule has 0 aliphatic carbocycles. The number of carbonyl (C=O) groups is 2. The molecule has 0 saturated heterocycles. The molecule has 7 nitrogen and oxygen atoms in total. The quantitative estimate of drug-likeness (QED) is 0.451. The summed E-state index contributed by atoms with van der Waals surface area (Å²) in [4.78, 5) is 25.3. The largest absolute Gasteiger partial charge is 0.326 e. The van der Waals surface area contributed by atoms with Gasteiger partial charge in [-0.3, -0.25) is 20.0 Å². The highest BCUT2D eigenvalue weighted by atomic mass is 16.2. The van der Waals surface area contributed by atoms with Gasteiger partial charge in [0.1, 0.15) is 17.9 Å². The van der Waals surface area contributed by atoms with Gasteiger partial charge in [0.25, 0.3) is 5.91 Å². The SMILES string of the molecule is CN(C)Nc1ccc(NN(C)C(=O)c2ccccc2)[nH]1.O=Cc1ccccc1. The van der Waals surface area contributed by atoms with Gasteiger partial charge < -0.3 is 10.4 Å². The van der Waals surface area contributed by atoms with Crippen molar-refractivity contribution in [1.82, 2.24) is 15.0 Å². The molecule has 1 heterocycles. The number of rotatable bonds is 6. The number of aldehydes is 1. The van der Waals surface area contributed by atoms with Gasteiger partial charge in [-0.1, -0.05) is 48.5 Å². The number of H-pyrrole nitrogens is 1. The number of hydrogen-bond acceptors (Lipinski definition) is 5. The molecule has 3 aromatic rings. The zero-order valence-electron chi connectivity index (χ0n) is 16.2. The van der Waals surface area contributed by atoms with E-state index in [2.05, 4.69) is 15.8 Å². The van der Waals surface area contributed by atoms with Crippen LogP contribution in [-0.4, -0.2) is 48.3 Å². The summed E-state index contributed by atoms with van der Waals surface area (Å²) in [5, 5.41) is 3.27. The molecule has 0 unspecified atom stereocenters. The van der Waals surface area contributed by atoms with Gasteiger partial charge in [-0.2, -0.15) is 0 Å². The Hall–Kier alpha value is -3.58. The first-order valence-corrected chi connectivity index (χ1v) is 8.72. The number of nitrogens with zero attached hydrogens (tertiary/aromatic N) is 2. The van der Waals surface area contributed by atoms with E-state index in [9.17, 15) is 9.59 Å². The van der Waals surface area contributed by atoms with E-state index in [4.69, 9.17) is 0 Å². The van der Waals surface area contributed by atoms with E-state index in [1.165, 1.54) is 5.01 Å². The Balaban J connectivity index is 0.000000292. The third-order valence-corrected chi connectivity index (χ3v) is 3.58. The van der Waals surface area contributed by atoms with E-state index in [1.54, 1.807) is 31.3 Å². The van der Waals surface area contributed by atoms with E-state index in [0.29, 0.717) is 5.56 Å². The topological polar surface area (TPSA) is 80.5 Å². The lowest BCUT2D eigenvalue weighted by Crippen LogP contribution is -2.32. The maximum Gasteiger partial charge on any atom is 0.271 e. The normalized spacial score (nSPS) is 9.86. The zero-order valence-corrected chi connectivity index (χ0v) is 16.2. The maximum atomic E-state index is 12.2. The second kappa shape index (κ2) is 10.5. The molecule has 28 heavy (non-hydrogen) atoms. The molecule has 2 aromatic carbocycles. The van der Waals surface area contributed by atoms with Crippen LogP contribution in [0.5, 0.6) is 0 Å². The summed E-state index contributed by atoms with van der Waals surface area (Å²) in [7, 11) is 5.49. The van der Waals surface area contributed by atoms with Crippen molar-refractivity contribution in [3.8, 4) is 0 Å². The molecule has 0 spiro atoms. The molecule has 1 aromatic heterocycles. The minimum absolute atomic E-state index is 0.0951. The highest BCUT2D eigenvalue weighted by Crippen LogP contribution is 2.13. The monoisotopic (exact) mass is 379 g/mol. The molecule has 0 radical (unpaired) electrons. The first-order chi connectivity index (χ1) is 13.5. The predicted octanol–water partition coefficient (Wildman–Crippen LogP) is 3.50. The van der Waals surface area contributed by atoms with Crippen LogP contribution in [-0.2, 0) is 0 Å². The molecular weight excluding hydrogens is 354 g/mol. The van der Waals surface area contributed by atoms with Crippen molar-refractivity contribution in [3.05, 3.63) is 83.9 Å². The first-order valence-electron chi connectivity index (χ1n) is 8.72. The van der Waals surface area contributed by atoms with Crippen LogP contribution in [0.25, 0.3) is 0 Å². The van der Waals surface area contributed by atoms with Crippen molar-refractivity contribution in [1.29, 1.82) is 0 Å². The molecule has 0 aliphatic heterocycles. The number of benzene rings is 2. The Bertz CT molecular complexity index is 863. The summed E-state index contributed by atoms with van der Waals surface area (Å²) in [6.07, 6.45) is 0.833. The lowest BCUT2D eigenvalue weighted by molar-refractivity contribution is 0.0825. The van der Waals surface area contributed by atoms with Crippen molar-refractivity contribution in [2.45, 2.75) is 0 Å². The van der Waals surface area contributed by atoms with Gasteiger partial charge in [0.15, 0.2) is 0 Å².